The smallest absolute Gasteiger partial charge is 0.119 e. The fourth-order valence-electron chi connectivity index (χ4n) is 3.56. The standard InChI is InChI=1S/C23H40O/c1-4-6-8-10-12-14-16-21-18-19-23(24)22(20(21)3)17-15-13-11-9-7-5-2/h18-19,24H,4-17H2,1-3H3. The van der Waals surface area contributed by atoms with E-state index in [0.717, 1.165) is 6.42 Å². The van der Waals surface area contributed by atoms with Gasteiger partial charge in [0.1, 0.15) is 5.75 Å². The van der Waals surface area contributed by atoms with Crippen molar-refractivity contribution in [3.8, 4) is 5.75 Å². The van der Waals surface area contributed by atoms with Gasteiger partial charge in [0.2, 0.25) is 0 Å². The predicted molar refractivity (Wildman–Crippen MR) is 107 cm³/mol. The summed E-state index contributed by atoms with van der Waals surface area (Å²) in [6.45, 7) is 6.74. The molecule has 1 heteroatoms. The molecule has 0 aliphatic rings. The molecule has 0 spiro atoms. The van der Waals surface area contributed by atoms with Gasteiger partial charge in [0.05, 0.1) is 0 Å². The van der Waals surface area contributed by atoms with Gasteiger partial charge in [0, 0.05) is 0 Å². The van der Waals surface area contributed by atoms with Crippen molar-refractivity contribution in [2.75, 3.05) is 0 Å². The van der Waals surface area contributed by atoms with Gasteiger partial charge in [-0.3, -0.25) is 0 Å². The number of phenolic OH excluding ortho intramolecular Hbond substituents is 1. The second-order valence-electron chi connectivity index (χ2n) is 7.38. The van der Waals surface area contributed by atoms with Crippen LogP contribution >= 0.6 is 0 Å². The molecule has 1 aromatic rings. The molecule has 0 atom stereocenters. The number of hydrogen-bond acceptors (Lipinski definition) is 1. The Morgan fingerprint density at radius 2 is 1.17 bits per heavy atom. The third-order valence-corrected chi connectivity index (χ3v) is 5.27. The van der Waals surface area contributed by atoms with Crippen LogP contribution in [-0.2, 0) is 12.8 Å². The zero-order valence-corrected chi connectivity index (χ0v) is 16.5. The van der Waals surface area contributed by atoms with Crippen molar-refractivity contribution in [2.45, 2.75) is 111 Å². The van der Waals surface area contributed by atoms with Crippen LogP contribution in [0.4, 0.5) is 0 Å². The van der Waals surface area contributed by atoms with Gasteiger partial charge in [-0.15, -0.1) is 0 Å². The van der Waals surface area contributed by atoms with Crippen LogP contribution in [0.25, 0.3) is 0 Å². The third kappa shape index (κ3) is 8.22. The molecule has 138 valence electrons. The number of phenols is 1. The van der Waals surface area contributed by atoms with Crippen molar-refractivity contribution in [3.05, 3.63) is 28.8 Å². The highest BCUT2D eigenvalue weighted by Gasteiger charge is 2.09. The summed E-state index contributed by atoms with van der Waals surface area (Å²) in [4.78, 5) is 0. The highest BCUT2D eigenvalue weighted by atomic mass is 16.3. The lowest BCUT2D eigenvalue weighted by atomic mass is 9.93. The molecule has 0 heterocycles. The fourth-order valence-corrected chi connectivity index (χ4v) is 3.56. The van der Waals surface area contributed by atoms with E-state index in [1.807, 2.05) is 6.07 Å². The van der Waals surface area contributed by atoms with E-state index < -0.39 is 0 Å². The summed E-state index contributed by atoms with van der Waals surface area (Å²) in [7, 11) is 0. The van der Waals surface area contributed by atoms with E-state index in [2.05, 4.69) is 26.8 Å². The molecule has 1 N–H and O–H groups in total. The molecule has 0 amide bonds. The zero-order valence-electron chi connectivity index (χ0n) is 16.5. The molecule has 24 heavy (non-hydrogen) atoms. The summed E-state index contributed by atoms with van der Waals surface area (Å²) < 4.78 is 0. The van der Waals surface area contributed by atoms with Gasteiger partial charge >= 0.3 is 0 Å². The van der Waals surface area contributed by atoms with Crippen molar-refractivity contribution >= 4 is 0 Å². The molecule has 0 aliphatic carbocycles. The summed E-state index contributed by atoms with van der Waals surface area (Å²) in [5.74, 6) is 0.507. The lowest BCUT2D eigenvalue weighted by molar-refractivity contribution is 0.464. The SMILES string of the molecule is CCCCCCCCc1ccc(O)c(CCCCCCCC)c1C. The minimum Gasteiger partial charge on any atom is -0.508 e. The summed E-state index contributed by atoms with van der Waals surface area (Å²) in [5, 5.41) is 10.2. The summed E-state index contributed by atoms with van der Waals surface area (Å²) in [5.41, 5.74) is 4.00. The Morgan fingerprint density at radius 1 is 0.667 bits per heavy atom. The fraction of sp³-hybridized carbons (Fsp3) is 0.739. The lowest BCUT2D eigenvalue weighted by Crippen LogP contribution is -1.98. The Bertz CT molecular complexity index is 436. The second kappa shape index (κ2) is 13.3. The highest BCUT2D eigenvalue weighted by Crippen LogP contribution is 2.27. The van der Waals surface area contributed by atoms with Gasteiger partial charge in [-0.1, -0.05) is 84.1 Å². The molecule has 0 saturated heterocycles. The van der Waals surface area contributed by atoms with E-state index in [9.17, 15) is 5.11 Å². The lowest BCUT2D eigenvalue weighted by Gasteiger charge is -2.13. The Hall–Kier alpha value is -0.980. The summed E-state index contributed by atoms with van der Waals surface area (Å²) in [6, 6.07) is 4.06. The normalized spacial score (nSPS) is 11.1. The third-order valence-electron chi connectivity index (χ3n) is 5.27. The first-order chi connectivity index (χ1) is 11.7. The van der Waals surface area contributed by atoms with Crippen molar-refractivity contribution in [2.24, 2.45) is 0 Å². The number of rotatable bonds is 14. The van der Waals surface area contributed by atoms with Gasteiger partial charge in [-0.05, 0) is 55.4 Å². The molecule has 0 radical (unpaired) electrons. The van der Waals surface area contributed by atoms with Crippen molar-refractivity contribution < 1.29 is 5.11 Å². The maximum absolute atomic E-state index is 10.2. The maximum atomic E-state index is 10.2. The minimum atomic E-state index is 0.507. The Labute approximate surface area is 150 Å². The maximum Gasteiger partial charge on any atom is 0.119 e. The van der Waals surface area contributed by atoms with Crippen molar-refractivity contribution in [1.29, 1.82) is 0 Å². The van der Waals surface area contributed by atoms with Gasteiger partial charge in [-0.2, -0.15) is 0 Å². The average molecular weight is 333 g/mol. The molecule has 0 aromatic heterocycles. The van der Waals surface area contributed by atoms with Crippen LogP contribution in [0.3, 0.4) is 0 Å². The van der Waals surface area contributed by atoms with E-state index in [4.69, 9.17) is 0 Å². The monoisotopic (exact) mass is 332 g/mol. The predicted octanol–water partition coefficient (Wildman–Crippen LogP) is 7.51. The number of benzene rings is 1. The van der Waals surface area contributed by atoms with Crippen LogP contribution in [0.1, 0.15) is 108 Å². The molecular formula is C23H40O. The first kappa shape index (κ1) is 21.1. The molecular weight excluding hydrogens is 292 g/mol. The Morgan fingerprint density at radius 3 is 1.75 bits per heavy atom. The number of hydrogen-bond donors (Lipinski definition) is 1. The molecule has 0 bridgehead atoms. The Kier molecular flexibility index (Phi) is 11.7. The first-order valence-corrected chi connectivity index (χ1v) is 10.5. The molecule has 0 fully saturated rings. The van der Waals surface area contributed by atoms with Crippen LogP contribution in [0, 0.1) is 6.92 Å². The van der Waals surface area contributed by atoms with Gasteiger partial charge in [0.25, 0.3) is 0 Å². The molecule has 1 rings (SSSR count). The molecule has 0 saturated carbocycles. The van der Waals surface area contributed by atoms with Crippen LogP contribution in [0.2, 0.25) is 0 Å². The quantitative estimate of drug-likeness (QED) is 0.349. The van der Waals surface area contributed by atoms with Crippen LogP contribution in [0.5, 0.6) is 5.75 Å². The molecule has 0 aliphatic heterocycles. The molecule has 1 aromatic carbocycles. The van der Waals surface area contributed by atoms with Gasteiger partial charge in [-0.25, -0.2) is 0 Å². The largest absolute Gasteiger partial charge is 0.508 e. The second-order valence-corrected chi connectivity index (χ2v) is 7.38. The van der Waals surface area contributed by atoms with Gasteiger partial charge in [0.15, 0.2) is 0 Å². The molecule has 1 nitrogen and oxygen atoms in total. The van der Waals surface area contributed by atoms with E-state index >= 15 is 0 Å². The number of aromatic hydroxyl groups is 1. The van der Waals surface area contributed by atoms with E-state index in [0.29, 0.717) is 5.75 Å². The average Bonchev–Trinajstić information content (AvgIpc) is 2.58. The van der Waals surface area contributed by atoms with E-state index in [-0.39, 0.29) is 0 Å². The highest BCUT2D eigenvalue weighted by molar-refractivity contribution is 5.43. The zero-order chi connectivity index (χ0) is 17.6. The van der Waals surface area contributed by atoms with Crippen molar-refractivity contribution in [3.63, 3.8) is 0 Å². The topological polar surface area (TPSA) is 20.2 Å². The summed E-state index contributed by atoms with van der Waals surface area (Å²) >= 11 is 0. The summed E-state index contributed by atoms with van der Waals surface area (Å²) in [6.07, 6.45) is 18.1. The van der Waals surface area contributed by atoms with Crippen LogP contribution in [0.15, 0.2) is 12.1 Å². The van der Waals surface area contributed by atoms with Crippen LogP contribution < -0.4 is 0 Å². The first-order valence-electron chi connectivity index (χ1n) is 10.5. The Balaban J connectivity index is 2.39. The number of aryl methyl sites for hydroxylation is 1. The minimum absolute atomic E-state index is 0.507. The molecule has 0 unspecified atom stereocenters. The van der Waals surface area contributed by atoms with Crippen molar-refractivity contribution in [1.82, 2.24) is 0 Å². The van der Waals surface area contributed by atoms with E-state index in [1.54, 1.807) is 0 Å². The van der Waals surface area contributed by atoms with E-state index in [1.165, 1.54) is 100 Å². The van der Waals surface area contributed by atoms with Crippen LogP contribution in [-0.4, -0.2) is 5.11 Å². The number of unbranched alkanes of at least 4 members (excludes halogenated alkanes) is 10. The van der Waals surface area contributed by atoms with Gasteiger partial charge < -0.3 is 5.11 Å².